The molecule has 1 aromatic heterocycles. The summed E-state index contributed by atoms with van der Waals surface area (Å²) in [5.74, 6) is -1.03. The maximum atomic E-state index is 11.7. The molecule has 1 aromatic carbocycles. The smallest absolute Gasteiger partial charge is 0.338 e. The number of carbonyl (C=O) groups excluding carboxylic acids is 2. The average molecular weight is 305 g/mol. The second kappa shape index (κ2) is 6.85. The van der Waals surface area contributed by atoms with Gasteiger partial charge in [-0.2, -0.15) is 0 Å². The molecule has 2 rings (SSSR count). The van der Waals surface area contributed by atoms with E-state index in [1.807, 2.05) is 25.1 Å². The molecule has 0 unspecified atom stereocenters. The van der Waals surface area contributed by atoms with E-state index >= 15 is 0 Å². The van der Waals surface area contributed by atoms with Gasteiger partial charge in [0.15, 0.2) is 6.61 Å². The van der Waals surface area contributed by atoms with Crippen molar-refractivity contribution in [2.45, 2.75) is 6.92 Å². The van der Waals surface area contributed by atoms with E-state index in [4.69, 9.17) is 16.3 Å². The van der Waals surface area contributed by atoms with Gasteiger partial charge >= 0.3 is 5.97 Å². The lowest BCUT2D eigenvalue weighted by Crippen LogP contribution is -2.21. The topological polar surface area (TPSA) is 68.3 Å². The van der Waals surface area contributed by atoms with Crippen LogP contribution in [-0.4, -0.2) is 23.5 Å². The highest BCUT2D eigenvalue weighted by molar-refractivity contribution is 6.29. The van der Waals surface area contributed by atoms with Crippen LogP contribution >= 0.6 is 11.6 Å². The van der Waals surface area contributed by atoms with Gasteiger partial charge in [-0.05, 0) is 30.7 Å². The molecule has 6 heteroatoms. The van der Waals surface area contributed by atoms with Crippen LogP contribution in [0.5, 0.6) is 0 Å². The third-order valence-corrected chi connectivity index (χ3v) is 2.92. The van der Waals surface area contributed by atoms with Crippen LogP contribution in [0.1, 0.15) is 15.9 Å². The Bertz CT molecular complexity index is 673. The molecule has 1 N–H and O–H groups in total. The molecule has 108 valence electrons. The monoisotopic (exact) mass is 304 g/mol. The van der Waals surface area contributed by atoms with Crippen LogP contribution in [0, 0.1) is 6.92 Å². The molecular weight excluding hydrogens is 292 g/mol. The Kier molecular flexibility index (Phi) is 4.90. The van der Waals surface area contributed by atoms with E-state index in [1.54, 1.807) is 6.07 Å². The second-order valence-corrected chi connectivity index (χ2v) is 4.69. The van der Waals surface area contributed by atoms with Gasteiger partial charge < -0.3 is 10.1 Å². The van der Waals surface area contributed by atoms with Crippen molar-refractivity contribution in [3.63, 3.8) is 0 Å². The number of pyridine rings is 1. The number of amides is 1. The SMILES string of the molecule is Cc1ccccc1NC(=O)COC(=O)c1ccnc(Cl)c1. The van der Waals surface area contributed by atoms with Crippen molar-refractivity contribution in [2.75, 3.05) is 11.9 Å². The summed E-state index contributed by atoms with van der Waals surface area (Å²) in [4.78, 5) is 27.2. The molecular formula is C15H13ClN2O3. The zero-order valence-corrected chi connectivity index (χ0v) is 12.1. The largest absolute Gasteiger partial charge is 0.452 e. The van der Waals surface area contributed by atoms with Crippen LogP contribution < -0.4 is 5.32 Å². The quantitative estimate of drug-likeness (QED) is 0.696. The molecule has 0 saturated carbocycles. The number of hydrogen-bond donors (Lipinski definition) is 1. The maximum Gasteiger partial charge on any atom is 0.338 e. The lowest BCUT2D eigenvalue weighted by molar-refractivity contribution is -0.119. The van der Waals surface area contributed by atoms with E-state index in [-0.39, 0.29) is 17.3 Å². The summed E-state index contributed by atoms with van der Waals surface area (Å²) in [6.07, 6.45) is 1.40. The molecule has 1 heterocycles. The standard InChI is InChI=1S/C15H13ClN2O3/c1-10-4-2-3-5-12(10)18-14(19)9-21-15(20)11-6-7-17-13(16)8-11/h2-8H,9H2,1H3,(H,18,19). The number of anilines is 1. The summed E-state index contributed by atoms with van der Waals surface area (Å²) in [7, 11) is 0. The first kappa shape index (κ1) is 15.0. The number of rotatable bonds is 4. The summed E-state index contributed by atoms with van der Waals surface area (Å²) < 4.78 is 4.92. The van der Waals surface area contributed by atoms with Gasteiger partial charge in [-0.3, -0.25) is 4.79 Å². The zero-order valence-electron chi connectivity index (χ0n) is 11.3. The third kappa shape index (κ3) is 4.29. The van der Waals surface area contributed by atoms with E-state index < -0.39 is 11.9 Å². The number of nitrogens with one attached hydrogen (secondary N) is 1. The summed E-state index contributed by atoms with van der Waals surface area (Å²) >= 11 is 5.68. The molecule has 21 heavy (non-hydrogen) atoms. The Labute approximate surface area is 126 Å². The Hall–Kier alpha value is -2.40. The van der Waals surface area contributed by atoms with Crippen LogP contribution in [0.15, 0.2) is 42.6 Å². The molecule has 0 radical (unpaired) electrons. The van der Waals surface area contributed by atoms with Crippen LogP contribution in [0.4, 0.5) is 5.69 Å². The van der Waals surface area contributed by atoms with Gasteiger partial charge in [0.2, 0.25) is 0 Å². The Balaban J connectivity index is 1.90. The number of hydrogen-bond acceptors (Lipinski definition) is 4. The first-order chi connectivity index (χ1) is 10.1. The number of halogens is 1. The molecule has 0 atom stereocenters. The first-order valence-corrected chi connectivity index (χ1v) is 6.58. The molecule has 0 saturated heterocycles. The minimum atomic E-state index is -0.626. The van der Waals surface area contributed by atoms with Gasteiger partial charge in [-0.1, -0.05) is 29.8 Å². The molecule has 0 aliphatic rings. The normalized spacial score (nSPS) is 10.0. The summed E-state index contributed by atoms with van der Waals surface area (Å²) in [5.41, 5.74) is 1.86. The fourth-order valence-electron chi connectivity index (χ4n) is 1.64. The molecule has 0 spiro atoms. The van der Waals surface area contributed by atoms with E-state index in [0.29, 0.717) is 5.69 Å². The fraction of sp³-hybridized carbons (Fsp3) is 0.133. The summed E-state index contributed by atoms with van der Waals surface area (Å²) in [6, 6.07) is 10.2. The van der Waals surface area contributed by atoms with E-state index in [0.717, 1.165) is 5.56 Å². The van der Waals surface area contributed by atoms with Crippen molar-refractivity contribution >= 4 is 29.2 Å². The highest BCUT2D eigenvalue weighted by Gasteiger charge is 2.11. The Morgan fingerprint density at radius 1 is 1.29 bits per heavy atom. The summed E-state index contributed by atoms with van der Waals surface area (Å²) in [5, 5.41) is 2.86. The second-order valence-electron chi connectivity index (χ2n) is 4.31. The van der Waals surface area contributed by atoms with Crippen molar-refractivity contribution in [2.24, 2.45) is 0 Å². The van der Waals surface area contributed by atoms with E-state index in [1.165, 1.54) is 18.3 Å². The molecule has 1 amide bonds. The molecule has 5 nitrogen and oxygen atoms in total. The van der Waals surface area contributed by atoms with E-state index in [2.05, 4.69) is 10.3 Å². The average Bonchev–Trinajstić information content (AvgIpc) is 2.47. The third-order valence-electron chi connectivity index (χ3n) is 2.72. The van der Waals surface area contributed by atoms with Gasteiger partial charge in [0, 0.05) is 11.9 Å². The number of nitrogens with zero attached hydrogens (tertiary/aromatic N) is 1. The van der Waals surface area contributed by atoms with Gasteiger partial charge in [0.05, 0.1) is 5.56 Å². The zero-order chi connectivity index (χ0) is 15.2. The Morgan fingerprint density at radius 2 is 2.05 bits per heavy atom. The minimum absolute atomic E-state index is 0.189. The van der Waals surface area contributed by atoms with Crippen LogP contribution in [0.3, 0.4) is 0 Å². The van der Waals surface area contributed by atoms with Crippen molar-refractivity contribution in [3.05, 3.63) is 58.9 Å². The van der Waals surface area contributed by atoms with Crippen LogP contribution in [-0.2, 0) is 9.53 Å². The number of benzene rings is 1. The predicted octanol–water partition coefficient (Wildman–Crippen LogP) is 2.84. The van der Waals surface area contributed by atoms with Gasteiger partial charge in [-0.15, -0.1) is 0 Å². The molecule has 0 bridgehead atoms. The molecule has 0 aliphatic heterocycles. The van der Waals surface area contributed by atoms with Gasteiger partial charge in [0.25, 0.3) is 5.91 Å². The Morgan fingerprint density at radius 3 is 2.76 bits per heavy atom. The van der Waals surface area contributed by atoms with Crippen molar-refractivity contribution < 1.29 is 14.3 Å². The lowest BCUT2D eigenvalue weighted by Gasteiger charge is -2.08. The van der Waals surface area contributed by atoms with Crippen molar-refractivity contribution in [1.82, 2.24) is 4.98 Å². The predicted molar refractivity (Wildman–Crippen MR) is 79.3 cm³/mol. The van der Waals surface area contributed by atoms with Crippen molar-refractivity contribution in [1.29, 1.82) is 0 Å². The van der Waals surface area contributed by atoms with Gasteiger partial charge in [0.1, 0.15) is 5.15 Å². The highest BCUT2D eigenvalue weighted by atomic mass is 35.5. The summed E-state index contributed by atoms with van der Waals surface area (Å²) in [6.45, 7) is 1.51. The van der Waals surface area contributed by atoms with Gasteiger partial charge in [-0.25, -0.2) is 9.78 Å². The number of aryl methyl sites for hydroxylation is 1. The first-order valence-electron chi connectivity index (χ1n) is 6.20. The highest BCUT2D eigenvalue weighted by Crippen LogP contribution is 2.13. The van der Waals surface area contributed by atoms with Crippen molar-refractivity contribution in [3.8, 4) is 0 Å². The fourth-order valence-corrected chi connectivity index (χ4v) is 1.82. The minimum Gasteiger partial charge on any atom is -0.452 e. The molecule has 2 aromatic rings. The number of ether oxygens (including phenoxy) is 1. The molecule has 0 aliphatic carbocycles. The molecule has 0 fully saturated rings. The number of aromatic nitrogens is 1. The van der Waals surface area contributed by atoms with Crippen LogP contribution in [0.2, 0.25) is 5.15 Å². The number of para-hydroxylation sites is 1. The van der Waals surface area contributed by atoms with E-state index in [9.17, 15) is 9.59 Å². The lowest BCUT2D eigenvalue weighted by atomic mass is 10.2. The number of esters is 1. The maximum absolute atomic E-state index is 11.7. The van der Waals surface area contributed by atoms with Crippen LogP contribution in [0.25, 0.3) is 0 Å². The number of carbonyl (C=O) groups is 2.